The van der Waals surface area contributed by atoms with Crippen molar-refractivity contribution in [2.24, 2.45) is 17.8 Å². The van der Waals surface area contributed by atoms with Crippen molar-refractivity contribution in [2.75, 3.05) is 39.0 Å². The molecule has 46 heavy (non-hydrogen) atoms. The van der Waals surface area contributed by atoms with Crippen molar-refractivity contribution in [3.05, 3.63) is 35.9 Å². The van der Waals surface area contributed by atoms with E-state index in [2.05, 4.69) is 21.5 Å². The summed E-state index contributed by atoms with van der Waals surface area (Å²) >= 11 is 0. The summed E-state index contributed by atoms with van der Waals surface area (Å²) in [4.78, 5) is 29.8. The van der Waals surface area contributed by atoms with Gasteiger partial charge in [0.15, 0.2) is 0 Å². The third-order valence-electron chi connectivity index (χ3n) is 9.33. The standard InChI is InChI=1S/C35H56N4O6S/c1-5-6-17-30(35(43)37-31(24-28-15-11-8-12-16-28)33(41)32(40)22-26(2)3)36-34(42)29(23-27-13-9-7-10-14-27)25-46(44,45)39-20-18-38(4)19-21-39/h1,7,9-10,13-14,26,28-33,40-41H,6,8,11-12,15-25H2,2-4H3,(H,36,42)(H,37,43)/t29-,30+,31+,32+,33-/m1/s1. The van der Waals surface area contributed by atoms with Gasteiger partial charge >= 0.3 is 0 Å². The number of terminal acetylenes is 1. The minimum Gasteiger partial charge on any atom is -0.390 e. The zero-order chi connectivity index (χ0) is 33.7. The molecule has 258 valence electrons. The van der Waals surface area contributed by atoms with Gasteiger partial charge in [-0.2, -0.15) is 4.31 Å². The average Bonchev–Trinajstić information content (AvgIpc) is 3.02. The molecule has 1 aromatic carbocycles. The molecular formula is C35H56N4O6S. The number of hydrogen-bond acceptors (Lipinski definition) is 7. The Morgan fingerprint density at radius 3 is 2.26 bits per heavy atom. The van der Waals surface area contributed by atoms with Gasteiger partial charge in [-0.15, -0.1) is 12.3 Å². The molecule has 2 amide bonds. The van der Waals surface area contributed by atoms with E-state index < -0.39 is 52.0 Å². The van der Waals surface area contributed by atoms with Crippen LogP contribution in [0.5, 0.6) is 0 Å². The molecule has 1 aliphatic heterocycles. The number of nitrogens with zero attached hydrogens (tertiary/aromatic N) is 2. The summed E-state index contributed by atoms with van der Waals surface area (Å²) in [7, 11) is -1.81. The van der Waals surface area contributed by atoms with E-state index in [4.69, 9.17) is 6.42 Å². The Kier molecular flexibility index (Phi) is 15.5. The minimum atomic E-state index is -3.76. The predicted octanol–water partition coefficient (Wildman–Crippen LogP) is 2.54. The van der Waals surface area contributed by atoms with Crippen molar-refractivity contribution in [3.63, 3.8) is 0 Å². The Balaban J connectivity index is 1.80. The fourth-order valence-corrected chi connectivity index (χ4v) is 8.29. The second-order valence-corrected chi connectivity index (χ2v) is 15.7. The van der Waals surface area contributed by atoms with Crippen molar-refractivity contribution < 1.29 is 28.2 Å². The summed E-state index contributed by atoms with van der Waals surface area (Å²) < 4.78 is 28.5. The summed E-state index contributed by atoms with van der Waals surface area (Å²) in [5.41, 5.74) is 0.815. The van der Waals surface area contributed by atoms with Crippen LogP contribution in [0.25, 0.3) is 0 Å². The number of aliphatic hydroxyl groups excluding tert-OH is 2. The number of aliphatic hydroxyl groups is 2. The first-order chi connectivity index (χ1) is 21.9. The number of rotatable bonds is 17. The van der Waals surface area contributed by atoms with Gasteiger partial charge in [-0.3, -0.25) is 9.59 Å². The molecule has 2 fully saturated rings. The summed E-state index contributed by atoms with van der Waals surface area (Å²) in [6.45, 7) is 5.88. The summed E-state index contributed by atoms with van der Waals surface area (Å²) in [6, 6.07) is 7.51. The number of benzene rings is 1. The Morgan fingerprint density at radius 2 is 1.65 bits per heavy atom. The van der Waals surface area contributed by atoms with Crippen molar-refractivity contribution in [1.82, 2.24) is 19.8 Å². The molecule has 1 aromatic rings. The number of hydrogen-bond donors (Lipinski definition) is 4. The molecule has 1 heterocycles. The highest BCUT2D eigenvalue weighted by atomic mass is 32.2. The molecule has 10 nitrogen and oxygen atoms in total. The van der Waals surface area contributed by atoms with E-state index in [0.717, 1.165) is 31.2 Å². The van der Waals surface area contributed by atoms with Crippen molar-refractivity contribution >= 4 is 21.8 Å². The number of amides is 2. The van der Waals surface area contributed by atoms with Crippen LogP contribution >= 0.6 is 0 Å². The van der Waals surface area contributed by atoms with Crippen LogP contribution in [0, 0.1) is 30.1 Å². The highest BCUT2D eigenvalue weighted by Crippen LogP contribution is 2.29. The van der Waals surface area contributed by atoms with Gasteiger partial charge in [-0.25, -0.2) is 8.42 Å². The van der Waals surface area contributed by atoms with Crippen molar-refractivity contribution in [2.45, 2.75) is 102 Å². The van der Waals surface area contributed by atoms with E-state index in [-0.39, 0.29) is 30.9 Å². The lowest BCUT2D eigenvalue weighted by atomic mass is 9.82. The Hall–Kier alpha value is -2.49. The molecule has 3 rings (SSSR count). The molecule has 4 N–H and O–H groups in total. The van der Waals surface area contributed by atoms with Gasteiger partial charge in [0.25, 0.3) is 0 Å². The number of carbonyl (C=O) groups is 2. The van der Waals surface area contributed by atoms with Crippen LogP contribution in [0.2, 0.25) is 0 Å². The molecule has 1 saturated heterocycles. The topological polar surface area (TPSA) is 139 Å². The van der Waals surface area contributed by atoms with Crippen molar-refractivity contribution in [3.8, 4) is 12.3 Å². The lowest BCUT2D eigenvalue weighted by molar-refractivity contribution is -0.132. The van der Waals surface area contributed by atoms with Crippen LogP contribution in [-0.4, -0.2) is 103 Å². The van der Waals surface area contributed by atoms with E-state index in [0.29, 0.717) is 44.9 Å². The molecule has 11 heteroatoms. The number of carbonyl (C=O) groups excluding carboxylic acids is 2. The van der Waals surface area contributed by atoms with Gasteiger partial charge in [0.05, 0.1) is 23.8 Å². The van der Waals surface area contributed by atoms with Crippen molar-refractivity contribution in [1.29, 1.82) is 0 Å². The Labute approximate surface area is 276 Å². The lowest BCUT2D eigenvalue weighted by Gasteiger charge is -2.34. The molecule has 5 atom stereocenters. The van der Waals surface area contributed by atoms with E-state index >= 15 is 0 Å². The van der Waals surface area contributed by atoms with Crippen LogP contribution in [-0.2, 0) is 26.0 Å². The molecule has 2 aliphatic rings. The first-order valence-corrected chi connectivity index (χ1v) is 18.6. The first kappa shape index (κ1) is 38.0. The van der Waals surface area contributed by atoms with Gasteiger partial charge < -0.3 is 25.7 Å². The predicted molar refractivity (Wildman–Crippen MR) is 181 cm³/mol. The van der Waals surface area contributed by atoms with Gasteiger partial charge in [0.1, 0.15) is 12.1 Å². The molecular weight excluding hydrogens is 604 g/mol. The van der Waals surface area contributed by atoms with E-state index in [1.54, 1.807) is 0 Å². The molecule has 0 spiro atoms. The highest BCUT2D eigenvalue weighted by molar-refractivity contribution is 7.89. The van der Waals surface area contributed by atoms with E-state index in [1.807, 2.05) is 51.2 Å². The quantitative estimate of drug-likeness (QED) is 0.189. The fraction of sp³-hybridized carbons (Fsp3) is 0.714. The maximum Gasteiger partial charge on any atom is 0.242 e. The van der Waals surface area contributed by atoms with Gasteiger partial charge in [0.2, 0.25) is 21.8 Å². The normalized spacial score (nSPS) is 20.3. The summed E-state index contributed by atoms with van der Waals surface area (Å²) in [5, 5.41) is 27.8. The summed E-state index contributed by atoms with van der Waals surface area (Å²) in [5.74, 6) is 0.641. The molecule has 0 bridgehead atoms. The molecule has 0 radical (unpaired) electrons. The number of nitrogens with one attached hydrogen (secondary N) is 2. The smallest absolute Gasteiger partial charge is 0.242 e. The van der Waals surface area contributed by atoms with Gasteiger partial charge in [-0.1, -0.05) is 76.3 Å². The number of sulfonamides is 1. The zero-order valence-electron chi connectivity index (χ0n) is 27.9. The average molecular weight is 661 g/mol. The third kappa shape index (κ3) is 12.3. The minimum absolute atomic E-state index is 0.151. The van der Waals surface area contributed by atoms with Gasteiger partial charge in [0, 0.05) is 32.6 Å². The first-order valence-electron chi connectivity index (χ1n) is 17.0. The maximum absolute atomic E-state index is 13.9. The second-order valence-electron chi connectivity index (χ2n) is 13.7. The third-order valence-corrected chi connectivity index (χ3v) is 11.3. The van der Waals surface area contributed by atoms with Crippen LogP contribution in [0.1, 0.15) is 77.2 Å². The molecule has 0 aromatic heterocycles. The molecule has 1 saturated carbocycles. The Bertz CT molecular complexity index is 1220. The SMILES string of the molecule is C#CCC[C@H](NC(=O)[C@H](Cc1ccccc1)CS(=O)(=O)N1CCN(C)CC1)C(=O)N[C@@H](CC1CCCCC1)[C@@H](O)[C@@H](O)CC(C)C. The zero-order valence-corrected chi connectivity index (χ0v) is 28.8. The number of piperazine rings is 1. The van der Waals surface area contributed by atoms with Crippen LogP contribution < -0.4 is 10.6 Å². The highest BCUT2D eigenvalue weighted by Gasteiger charge is 2.36. The Morgan fingerprint density at radius 1 is 1.00 bits per heavy atom. The molecule has 1 aliphatic carbocycles. The fourth-order valence-electron chi connectivity index (χ4n) is 6.58. The maximum atomic E-state index is 13.9. The monoisotopic (exact) mass is 660 g/mol. The van der Waals surface area contributed by atoms with Crippen LogP contribution in [0.4, 0.5) is 0 Å². The van der Waals surface area contributed by atoms with E-state index in [9.17, 15) is 28.2 Å². The van der Waals surface area contributed by atoms with E-state index in [1.165, 1.54) is 10.7 Å². The van der Waals surface area contributed by atoms with Crippen LogP contribution in [0.15, 0.2) is 30.3 Å². The second kappa shape index (κ2) is 18.7. The molecule has 0 unspecified atom stereocenters. The summed E-state index contributed by atoms with van der Waals surface area (Å²) in [6.07, 6.45) is 10.2. The lowest BCUT2D eigenvalue weighted by Crippen LogP contribution is -2.56. The van der Waals surface area contributed by atoms with Gasteiger partial charge in [-0.05, 0) is 50.1 Å². The number of likely N-dealkylation sites (N-methyl/N-ethyl adjacent to an activating group) is 1. The largest absolute Gasteiger partial charge is 0.390 e. The van der Waals surface area contributed by atoms with Crippen LogP contribution in [0.3, 0.4) is 0 Å².